The van der Waals surface area contributed by atoms with Crippen LogP contribution in [0.3, 0.4) is 0 Å². The average molecular weight is 341 g/mol. The Bertz CT molecular complexity index is 485. The van der Waals surface area contributed by atoms with Gasteiger partial charge in [0.15, 0.2) is 0 Å². The fourth-order valence-corrected chi connectivity index (χ4v) is 2.83. The van der Waals surface area contributed by atoms with Crippen molar-refractivity contribution in [3.63, 3.8) is 0 Å². The number of nitrogens with zero attached hydrogens (tertiary/aromatic N) is 1. The summed E-state index contributed by atoms with van der Waals surface area (Å²) in [5, 5.41) is 3.60. The minimum atomic E-state index is 0.0291. The molecule has 1 amide bonds. The number of ether oxygens (including phenoxy) is 2. The summed E-state index contributed by atoms with van der Waals surface area (Å²) in [6.07, 6.45) is 0.350. The summed E-state index contributed by atoms with van der Waals surface area (Å²) in [5.74, 6) is 0.0291. The highest BCUT2D eigenvalue weighted by Crippen LogP contribution is 2.10. The molecule has 5 nitrogen and oxygen atoms in total. The van der Waals surface area contributed by atoms with Gasteiger partial charge in [-0.3, -0.25) is 9.69 Å². The molecule has 1 N–H and O–H groups in total. The second kappa shape index (κ2) is 9.23. The summed E-state index contributed by atoms with van der Waals surface area (Å²) in [7, 11) is 0. The Morgan fingerprint density at radius 3 is 2.61 bits per heavy atom. The Morgan fingerprint density at radius 1 is 1.30 bits per heavy atom. The van der Waals surface area contributed by atoms with E-state index in [1.807, 2.05) is 38.1 Å². The molecule has 0 radical (unpaired) electrons. The van der Waals surface area contributed by atoms with Crippen LogP contribution in [0.1, 0.15) is 19.4 Å². The van der Waals surface area contributed by atoms with Gasteiger partial charge < -0.3 is 14.8 Å². The number of hydrogen-bond acceptors (Lipinski definition) is 4. The molecule has 0 aliphatic carbocycles. The zero-order valence-electron chi connectivity index (χ0n) is 13.8. The van der Waals surface area contributed by atoms with Crippen LogP contribution in [-0.2, 0) is 20.9 Å². The van der Waals surface area contributed by atoms with Crippen molar-refractivity contribution in [2.24, 2.45) is 0 Å². The van der Waals surface area contributed by atoms with Crippen molar-refractivity contribution >= 4 is 17.5 Å². The van der Waals surface area contributed by atoms with Gasteiger partial charge in [0.05, 0.1) is 32.0 Å². The van der Waals surface area contributed by atoms with Crippen LogP contribution < -0.4 is 5.32 Å². The maximum absolute atomic E-state index is 11.9. The molecule has 0 saturated carbocycles. The topological polar surface area (TPSA) is 50.8 Å². The highest BCUT2D eigenvalue weighted by atomic mass is 35.5. The smallest absolute Gasteiger partial charge is 0.234 e. The first-order valence-corrected chi connectivity index (χ1v) is 8.37. The Labute approximate surface area is 142 Å². The Hall–Kier alpha value is -1.14. The number of rotatable bonds is 7. The van der Waals surface area contributed by atoms with Gasteiger partial charge in [0.25, 0.3) is 0 Å². The van der Waals surface area contributed by atoms with Gasteiger partial charge in [0.2, 0.25) is 5.91 Å². The maximum atomic E-state index is 11.9. The minimum Gasteiger partial charge on any atom is -0.375 e. The molecule has 0 spiro atoms. The zero-order chi connectivity index (χ0) is 16.7. The molecule has 0 bridgehead atoms. The lowest BCUT2D eigenvalue weighted by atomic mass is 10.2. The number of carbonyl (C=O) groups excluding carboxylic acids is 1. The molecular formula is C17H25ClN2O3. The summed E-state index contributed by atoms with van der Waals surface area (Å²) in [6, 6.07) is 7.54. The molecule has 1 aromatic rings. The average Bonchev–Trinajstić information content (AvgIpc) is 2.47. The monoisotopic (exact) mass is 340 g/mol. The highest BCUT2D eigenvalue weighted by Gasteiger charge is 2.23. The molecule has 1 fully saturated rings. The summed E-state index contributed by atoms with van der Waals surface area (Å²) >= 11 is 5.83. The number of nitrogens with one attached hydrogen (secondary N) is 1. The van der Waals surface area contributed by atoms with E-state index in [0.29, 0.717) is 31.3 Å². The third-order valence-electron chi connectivity index (χ3n) is 3.61. The van der Waals surface area contributed by atoms with E-state index in [-0.39, 0.29) is 18.1 Å². The molecule has 1 aliphatic rings. The van der Waals surface area contributed by atoms with Crippen LogP contribution in [0.15, 0.2) is 24.3 Å². The lowest BCUT2D eigenvalue weighted by molar-refractivity contribution is -0.126. The van der Waals surface area contributed by atoms with Crippen LogP contribution in [0.5, 0.6) is 0 Å². The number of benzene rings is 1. The molecule has 0 unspecified atom stereocenters. The fraction of sp³-hybridized carbons (Fsp3) is 0.588. The van der Waals surface area contributed by atoms with Crippen LogP contribution >= 0.6 is 11.6 Å². The third kappa shape index (κ3) is 6.87. The lowest BCUT2D eigenvalue weighted by Crippen LogP contribution is -2.49. The summed E-state index contributed by atoms with van der Waals surface area (Å²) in [4.78, 5) is 14.1. The normalized spacial score (nSPS) is 22.0. The number of amides is 1. The summed E-state index contributed by atoms with van der Waals surface area (Å²) < 4.78 is 11.2. The molecule has 1 aliphatic heterocycles. The van der Waals surface area contributed by atoms with Crippen molar-refractivity contribution in [2.75, 3.05) is 32.8 Å². The molecule has 1 aromatic carbocycles. The van der Waals surface area contributed by atoms with Gasteiger partial charge in [-0.15, -0.1) is 0 Å². The van der Waals surface area contributed by atoms with E-state index in [9.17, 15) is 4.79 Å². The van der Waals surface area contributed by atoms with Crippen LogP contribution in [-0.4, -0.2) is 55.8 Å². The largest absolute Gasteiger partial charge is 0.375 e. The second-order valence-electron chi connectivity index (χ2n) is 5.98. The minimum absolute atomic E-state index is 0.0291. The van der Waals surface area contributed by atoms with E-state index in [1.165, 1.54) is 0 Å². The van der Waals surface area contributed by atoms with Gasteiger partial charge in [-0.25, -0.2) is 0 Å². The quantitative estimate of drug-likeness (QED) is 0.772. The third-order valence-corrected chi connectivity index (χ3v) is 3.86. The van der Waals surface area contributed by atoms with Gasteiger partial charge in [-0.2, -0.15) is 0 Å². The molecule has 0 aromatic heterocycles. The molecule has 1 heterocycles. The van der Waals surface area contributed by atoms with Crippen molar-refractivity contribution in [3.05, 3.63) is 34.9 Å². The van der Waals surface area contributed by atoms with Crippen molar-refractivity contribution in [1.29, 1.82) is 0 Å². The van der Waals surface area contributed by atoms with Gasteiger partial charge in [-0.05, 0) is 31.5 Å². The van der Waals surface area contributed by atoms with Crippen molar-refractivity contribution in [2.45, 2.75) is 32.7 Å². The first-order valence-electron chi connectivity index (χ1n) is 7.99. The SMILES string of the molecule is C[C@@H]1CN(CC(=O)NCCOCc2ccc(Cl)cc2)C[C@H](C)O1. The van der Waals surface area contributed by atoms with Gasteiger partial charge >= 0.3 is 0 Å². The van der Waals surface area contributed by atoms with E-state index < -0.39 is 0 Å². The molecule has 1 saturated heterocycles. The molecule has 128 valence electrons. The van der Waals surface area contributed by atoms with Crippen molar-refractivity contribution in [1.82, 2.24) is 10.2 Å². The van der Waals surface area contributed by atoms with Crippen LogP contribution in [0.2, 0.25) is 5.02 Å². The highest BCUT2D eigenvalue weighted by molar-refractivity contribution is 6.30. The summed E-state index contributed by atoms with van der Waals surface area (Å²) in [5.41, 5.74) is 1.07. The Kier molecular flexibility index (Phi) is 7.30. The number of hydrogen-bond donors (Lipinski definition) is 1. The molecule has 2 rings (SSSR count). The second-order valence-corrected chi connectivity index (χ2v) is 6.42. The van der Waals surface area contributed by atoms with Gasteiger partial charge in [-0.1, -0.05) is 23.7 Å². The van der Waals surface area contributed by atoms with Gasteiger partial charge in [0.1, 0.15) is 0 Å². The van der Waals surface area contributed by atoms with Crippen molar-refractivity contribution < 1.29 is 14.3 Å². The standard InChI is InChI=1S/C17H25ClN2O3/c1-13-9-20(10-14(2)23-13)11-17(21)19-7-8-22-12-15-3-5-16(18)6-4-15/h3-6,13-14H,7-12H2,1-2H3,(H,19,21)/t13-,14+. The van der Waals surface area contributed by atoms with E-state index in [1.54, 1.807) is 0 Å². The first kappa shape index (κ1) is 18.2. The zero-order valence-corrected chi connectivity index (χ0v) is 14.5. The Balaban J connectivity index is 1.57. The lowest BCUT2D eigenvalue weighted by Gasteiger charge is -2.34. The molecule has 6 heteroatoms. The van der Waals surface area contributed by atoms with E-state index >= 15 is 0 Å². The predicted molar refractivity (Wildman–Crippen MR) is 90.6 cm³/mol. The maximum Gasteiger partial charge on any atom is 0.234 e. The molecular weight excluding hydrogens is 316 g/mol. The van der Waals surface area contributed by atoms with E-state index in [2.05, 4.69) is 10.2 Å². The van der Waals surface area contributed by atoms with E-state index in [4.69, 9.17) is 21.1 Å². The van der Waals surface area contributed by atoms with Crippen LogP contribution in [0.4, 0.5) is 0 Å². The first-order chi connectivity index (χ1) is 11.0. The predicted octanol–water partition coefficient (Wildman–Crippen LogP) is 2.08. The number of halogens is 1. The number of carbonyl (C=O) groups is 1. The van der Waals surface area contributed by atoms with Crippen molar-refractivity contribution in [3.8, 4) is 0 Å². The van der Waals surface area contributed by atoms with Crippen LogP contribution in [0.25, 0.3) is 0 Å². The molecule has 23 heavy (non-hydrogen) atoms. The summed E-state index contributed by atoms with van der Waals surface area (Å²) in [6.45, 7) is 7.60. The Morgan fingerprint density at radius 2 is 1.96 bits per heavy atom. The van der Waals surface area contributed by atoms with Gasteiger partial charge in [0, 0.05) is 24.7 Å². The molecule has 2 atom stereocenters. The van der Waals surface area contributed by atoms with E-state index in [0.717, 1.165) is 18.7 Å². The number of morpholine rings is 1. The van der Waals surface area contributed by atoms with Crippen LogP contribution in [0, 0.1) is 0 Å². The fourth-order valence-electron chi connectivity index (χ4n) is 2.71.